The van der Waals surface area contributed by atoms with Gasteiger partial charge in [-0.3, -0.25) is 9.78 Å². The van der Waals surface area contributed by atoms with Crippen LogP contribution < -0.4 is 0 Å². The van der Waals surface area contributed by atoms with Gasteiger partial charge < -0.3 is 9.84 Å². The number of pyridine rings is 1. The Labute approximate surface area is 82.5 Å². The van der Waals surface area contributed by atoms with Crippen LogP contribution >= 0.6 is 0 Å². The Balaban J connectivity index is 2.73. The van der Waals surface area contributed by atoms with Gasteiger partial charge in [0, 0.05) is 26.1 Å². The first kappa shape index (κ1) is 10.7. The molecule has 0 aliphatic heterocycles. The molecule has 1 N–H and O–H groups in total. The molecule has 4 nitrogen and oxygen atoms in total. The minimum absolute atomic E-state index is 0.436. The van der Waals surface area contributed by atoms with E-state index in [1.165, 1.54) is 0 Å². The molecule has 1 heterocycles. The van der Waals surface area contributed by atoms with Crippen LogP contribution in [-0.4, -0.2) is 29.8 Å². The first-order valence-electron chi connectivity index (χ1n) is 4.37. The van der Waals surface area contributed by atoms with Gasteiger partial charge in [-0.2, -0.15) is 0 Å². The molecule has 0 saturated heterocycles. The van der Waals surface area contributed by atoms with E-state index in [4.69, 9.17) is 9.84 Å². The van der Waals surface area contributed by atoms with Crippen LogP contribution in [-0.2, 0) is 9.53 Å². The molecule has 0 saturated carbocycles. The van der Waals surface area contributed by atoms with Gasteiger partial charge in [0.2, 0.25) is 0 Å². The van der Waals surface area contributed by atoms with E-state index >= 15 is 0 Å². The van der Waals surface area contributed by atoms with Crippen LogP contribution in [0.25, 0.3) is 0 Å². The maximum Gasteiger partial charge on any atom is 0.311 e. The molecule has 14 heavy (non-hydrogen) atoms. The third-order valence-corrected chi connectivity index (χ3v) is 2.00. The van der Waals surface area contributed by atoms with E-state index in [1.807, 2.05) is 0 Å². The maximum absolute atomic E-state index is 10.9. The monoisotopic (exact) mass is 195 g/mol. The average Bonchev–Trinajstić information content (AvgIpc) is 2.19. The van der Waals surface area contributed by atoms with Crippen molar-refractivity contribution >= 4 is 5.97 Å². The minimum Gasteiger partial charge on any atom is -0.481 e. The number of nitrogens with zero attached hydrogens (tertiary/aromatic N) is 1. The Morgan fingerprint density at radius 3 is 3.00 bits per heavy atom. The van der Waals surface area contributed by atoms with Crippen molar-refractivity contribution in [1.82, 2.24) is 4.98 Å². The van der Waals surface area contributed by atoms with Crippen LogP contribution in [0.1, 0.15) is 17.9 Å². The lowest BCUT2D eigenvalue weighted by Crippen LogP contribution is -2.13. The van der Waals surface area contributed by atoms with Crippen LogP contribution in [0.5, 0.6) is 0 Å². The summed E-state index contributed by atoms with van der Waals surface area (Å²) in [6, 6.07) is 3.50. The van der Waals surface area contributed by atoms with Gasteiger partial charge in [0.25, 0.3) is 0 Å². The molecule has 0 aliphatic carbocycles. The maximum atomic E-state index is 10.9. The van der Waals surface area contributed by atoms with Gasteiger partial charge in [-0.1, -0.05) is 6.07 Å². The minimum atomic E-state index is -0.838. The predicted molar refractivity (Wildman–Crippen MR) is 51.1 cm³/mol. The second-order valence-corrected chi connectivity index (χ2v) is 2.96. The number of carboxylic acids is 1. The zero-order valence-electron chi connectivity index (χ0n) is 8.01. The fourth-order valence-electron chi connectivity index (χ4n) is 1.25. The van der Waals surface area contributed by atoms with Crippen molar-refractivity contribution in [3.05, 3.63) is 30.1 Å². The first-order chi connectivity index (χ1) is 6.75. The van der Waals surface area contributed by atoms with E-state index < -0.39 is 11.9 Å². The summed E-state index contributed by atoms with van der Waals surface area (Å²) in [7, 11) is 1.56. The van der Waals surface area contributed by atoms with E-state index in [9.17, 15) is 4.79 Å². The average molecular weight is 195 g/mol. The summed E-state index contributed by atoms with van der Waals surface area (Å²) in [5.74, 6) is -1.36. The highest BCUT2D eigenvalue weighted by atomic mass is 16.5. The predicted octanol–water partition coefficient (Wildman–Crippen LogP) is 1.29. The molecule has 1 rings (SSSR count). The molecule has 0 amide bonds. The molecule has 76 valence electrons. The lowest BCUT2D eigenvalue weighted by atomic mass is 9.98. The highest BCUT2D eigenvalue weighted by molar-refractivity contribution is 5.75. The number of ether oxygens (including phenoxy) is 1. The summed E-state index contributed by atoms with van der Waals surface area (Å²) >= 11 is 0. The van der Waals surface area contributed by atoms with Crippen molar-refractivity contribution in [1.29, 1.82) is 0 Å². The number of carboxylic acid groups (broad SMARTS) is 1. The Kier molecular flexibility index (Phi) is 4.07. The largest absolute Gasteiger partial charge is 0.481 e. The summed E-state index contributed by atoms with van der Waals surface area (Å²) in [6.07, 6.45) is 3.67. The molecule has 1 aromatic heterocycles. The Hall–Kier alpha value is -1.42. The van der Waals surface area contributed by atoms with E-state index in [2.05, 4.69) is 4.98 Å². The summed E-state index contributed by atoms with van der Waals surface area (Å²) < 4.78 is 4.86. The van der Waals surface area contributed by atoms with Gasteiger partial charge in [-0.25, -0.2) is 0 Å². The van der Waals surface area contributed by atoms with Crippen molar-refractivity contribution in [2.75, 3.05) is 13.7 Å². The van der Waals surface area contributed by atoms with Gasteiger partial charge in [0.1, 0.15) is 0 Å². The molecular formula is C10H13NO3. The second-order valence-electron chi connectivity index (χ2n) is 2.96. The van der Waals surface area contributed by atoms with Crippen molar-refractivity contribution in [3.63, 3.8) is 0 Å². The normalized spacial score (nSPS) is 12.4. The molecule has 0 spiro atoms. The summed E-state index contributed by atoms with van der Waals surface area (Å²) in [6.45, 7) is 0.436. The van der Waals surface area contributed by atoms with Gasteiger partial charge in [-0.15, -0.1) is 0 Å². The number of aliphatic carboxylic acids is 1. The smallest absolute Gasteiger partial charge is 0.311 e. The van der Waals surface area contributed by atoms with E-state index in [-0.39, 0.29) is 0 Å². The molecule has 0 fully saturated rings. The van der Waals surface area contributed by atoms with Crippen molar-refractivity contribution in [2.24, 2.45) is 0 Å². The van der Waals surface area contributed by atoms with Crippen LogP contribution in [0.3, 0.4) is 0 Å². The van der Waals surface area contributed by atoms with Gasteiger partial charge in [0.15, 0.2) is 0 Å². The standard InChI is InChI=1S/C10H13NO3/c1-14-6-4-9(10(12)13)8-3-2-5-11-7-8/h2-3,5,7,9H,4,6H2,1H3,(H,12,13). The topological polar surface area (TPSA) is 59.4 Å². The number of hydrogen-bond acceptors (Lipinski definition) is 3. The van der Waals surface area contributed by atoms with Crippen LogP contribution in [0.2, 0.25) is 0 Å². The Bertz CT molecular complexity index is 287. The molecule has 4 heteroatoms. The van der Waals surface area contributed by atoms with Gasteiger partial charge in [0.05, 0.1) is 5.92 Å². The van der Waals surface area contributed by atoms with Crippen molar-refractivity contribution in [2.45, 2.75) is 12.3 Å². The molecule has 1 atom stereocenters. The third-order valence-electron chi connectivity index (χ3n) is 2.00. The highest BCUT2D eigenvalue weighted by Gasteiger charge is 2.19. The SMILES string of the molecule is COCCC(C(=O)O)c1cccnc1. The zero-order chi connectivity index (χ0) is 10.4. The van der Waals surface area contributed by atoms with Crippen molar-refractivity contribution < 1.29 is 14.6 Å². The molecule has 0 aliphatic rings. The van der Waals surface area contributed by atoms with Crippen LogP contribution in [0.4, 0.5) is 0 Å². The fraction of sp³-hybridized carbons (Fsp3) is 0.400. The number of methoxy groups -OCH3 is 1. The quantitative estimate of drug-likeness (QED) is 0.769. The third kappa shape index (κ3) is 2.81. The van der Waals surface area contributed by atoms with Crippen LogP contribution in [0.15, 0.2) is 24.5 Å². The number of rotatable bonds is 5. The molecule has 0 radical (unpaired) electrons. The lowest BCUT2D eigenvalue weighted by Gasteiger charge is -2.10. The van der Waals surface area contributed by atoms with E-state index in [0.717, 1.165) is 5.56 Å². The van der Waals surface area contributed by atoms with Gasteiger partial charge >= 0.3 is 5.97 Å². The van der Waals surface area contributed by atoms with E-state index in [0.29, 0.717) is 13.0 Å². The lowest BCUT2D eigenvalue weighted by molar-refractivity contribution is -0.139. The summed E-state index contributed by atoms with van der Waals surface area (Å²) in [5, 5.41) is 8.97. The molecule has 1 unspecified atom stereocenters. The first-order valence-corrected chi connectivity index (χ1v) is 4.37. The summed E-state index contributed by atoms with van der Waals surface area (Å²) in [4.78, 5) is 14.8. The Morgan fingerprint density at radius 1 is 1.71 bits per heavy atom. The fourth-order valence-corrected chi connectivity index (χ4v) is 1.25. The molecule has 1 aromatic rings. The number of carbonyl (C=O) groups is 1. The number of aromatic nitrogens is 1. The zero-order valence-corrected chi connectivity index (χ0v) is 8.01. The Morgan fingerprint density at radius 2 is 2.50 bits per heavy atom. The highest BCUT2D eigenvalue weighted by Crippen LogP contribution is 2.18. The molecule has 0 bridgehead atoms. The van der Waals surface area contributed by atoms with Gasteiger partial charge in [-0.05, 0) is 18.1 Å². The molecular weight excluding hydrogens is 182 g/mol. The van der Waals surface area contributed by atoms with Crippen LogP contribution in [0, 0.1) is 0 Å². The summed E-state index contributed by atoms with van der Waals surface area (Å²) in [5.41, 5.74) is 0.719. The molecule has 0 aromatic carbocycles. The second kappa shape index (κ2) is 5.34. The van der Waals surface area contributed by atoms with E-state index in [1.54, 1.807) is 31.6 Å². The van der Waals surface area contributed by atoms with Crippen molar-refractivity contribution in [3.8, 4) is 0 Å². The number of hydrogen-bond donors (Lipinski definition) is 1.